The highest BCUT2D eigenvalue weighted by molar-refractivity contribution is 6.01. The van der Waals surface area contributed by atoms with Crippen molar-refractivity contribution in [2.24, 2.45) is 0 Å². The second-order valence-corrected chi connectivity index (χ2v) is 10.5. The fraction of sp³-hybridized carbons (Fsp3) is 0.464. The number of ether oxygens (including phenoxy) is 2. The zero-order valence-electron chi connectivity index (χ0n) is 24.0. The predicted molar refractivity (Wildman–Crippen MR) is 148 cm³/mol. The Kier molecular flexibility index (Phi) is 8.67. The van der Waals surface area contributed by atoms with E-state index in [1.54, 1.807) is 34.9 Å². The lowest BCUT2D eigenvalue weighted by molar-refractivity contribution is -0.275. The Balaban J connectivity index is 1.85. The van der Waals surface area contributed by atoms with Gasteiger partial charge in [0.2, 0.25) is 11.8 Å². The number of amides is 1. The van der Waals surface area contributed by atoms with Gasteiger partial charge < -0.3 is 30.7 Å². The van der Waals surface area contributed by atoms with Gasteiger partial charge in [-0.15, -0.1) is 13.2 Å². The average Bonchev–Trinajstić information content (AvgIpc) is 3.01. The topological polar surface area (TPSA) is 115 Å². The smallest absolute Gasteiger partial charge is 0.472 e. The van der Waals surface area contributed by atoms with Gasteiger partial charge >= 0.3 is 6.36 Å². The fourth-order valence-electron chi connectivity index (χ4n) is 4.93. The maximum Gasteiger partial charge on any atom is 0.573 e. The number of alkyl halides is 3. The summed E-state index contributed by atoms with van der Waals surface area (Å²) < 4.78 is 80.7. The SMILES string of the molecule is CCCC(NCC1Nc2nc(C)c(C)c3c(F)c(-c4cc(N)cc(F)c4OC(F)(F)F)nc(c23)OC1C)C(=O)N(C)C. The number of hydrogen-bond acceptors (Lipinski definition) is 8. The van der Waals surface area contributed by atoms with E-state index in [1.807, 2.05) is 6.92 Å². The summed E-state index contributed by atoms with van der Waals surface area (Å²) in [6.45, 7) is 7.20. The van der Waals surface area contributed by atoms with Gasteiger partial charge in [-0.1, -0.05) is 13.3 Å². The molecule has 1 aromatic carbocycles. The Labute approximate surface area is 239 Å². The maximum absolute atomic E-state index is 16.3. The standard InChI is InChI=1S/C28H33F5N6O3/c1-7-8-18(27(40)39(5)6)35-11-19-14(4)41-26-21-20(12(2)13(3)36-25(21)37-19)22(30)23(38-26)16-9-15(34)10-17(29)24(16)42-28(31,32)33/h9-10,14,18-19,35H,7-8,11,34H2,1-6H3,(H,36,37). The maximum atomic E-state index is 16.3. The molecule has 1 amide bonds. The first-order valence-electron chi connectivity index (χ1n) is 13.4. The third kappa shape index (κ3) is 6.13. The van der Waals surface area contributed by atoms with Crippen LogP contribution in [0, 0.1) is 25.5 Å². The van der Waals surface area contributed by atoms with E-state index in [4.69, 9.17) is 10.5 Å². The first kappa shape index (κ1) is 31.0. The largest absolute Gasteiger partial charge is 0.573 e. The van der Waals surface area contributed by atoms with Crippen molar-refractivity contribution in [3.63, 3.8) is 0 Å². The second kappa shape index (κ2) is 11.7. The number of carbonyl (C=O) groups excluding carboxylic acids is 1. The van der Waals surface area contributed by atoms with Crippen molar-refractivity contribution in [1.29, 1.82) is 0 Å². The summed E-state index contributed by atoms with van der Waals surface area (Å²) in [6.07, 6.45) is -4.54. The number of aryl methyl sites for hydroxylation is 2. The molecule has 4 rings (SSSR count). The number of anilines is 2. The number of nitrogens with two attached hydrogens (primary N) is 1. The van der Waals surface area contributed by atoms with Crippen LogP contribution >= 0.6 is 0 Å². The molecule has 4 N–H and O–H groups in total. The molecule has 14 heteroatoms. The summed E-state index contributed by atoms with van der Waals surface area (Å²) in [7, 11) is 3.34. The van der Waals surface area contributed by atoms with E-state index < -0.39 is 53.2 Å². The van der Waals surface area contributed by atoms with Gasteiger partial charge in [0.15, 0.2) is 17.4 Å². The Morgan fingerprint density at radius 1 is 1.21 bits per heavy atom. The minimum atomic E-state index is -5.27. The molecule has 0 spiro atoms. The number of likely N-dealkylation sites (N-methyl/N-ethyl adjacent to an activating group) is 1. The van der Waals surface area contributed by atoms with Crippen molar-refractivity contribution < 1.29 is 36.2 Å². The molecule has 1 aliphatic heterocycles. The minimum absolute atomic E-state index is 0.0155. The Hall–Kier alpha value is -3.94. The van der Waals surface area contributed by atoms with E-state index in [-0.39, 0.29) is 40.6 Å². The van der Waals surface area contributed by atoms with E-state index in [9.17, 15) is 22.4 Å². The normalized spacial score (nSPS) is 17.3. The number of nitrogen functional groups attached to an aromatic ring is 1. The highest BCUT2D eigenvalue weighted by atomic mass is 19.4. The Morgan fingerprint density at radius 2 is 1.90 bits per heavy atom. The van der Waals surface area contributed by atoms with Gasteiger partial charge in [0.25, 0.3) is 0 Å². The summed E-state index contributed by atoms with van der Waals surface area (Å²) in [5.41, 5.74) is 5.02. The average molecular weight is 597 g/mol. The van der Waals surface area contributed by atoms with Crippen molar-refractivity contribution in [3.8, 4) is 22.9 Å². The van der Waals surface area contributed by atoms with E-state index in [0.29, 0.717) is 23.7 Å². The van der Waals surface area contributed by atoms with Crippen LogP contribution in [0.2, 0.25) is 0 Å². The number of rotatable bonds is 8. The molecule has 0 aliphatic carbocycles. The van der Waals surface area contributed by atoms with Crippen LogP contribution in [-0.2, 0) is 4.79 Å². The van der Waals surface area contributed by atoms with Gasteiger partial charge in [0.05, 0.1) is 23.0 Å². The third-order valence-corrected chi connectivity index (χ3v) is 7.16. The summed E-state index contributed by atoms with van der Waals surface area (Å²) in [6, 6.07) is 0.666. The van der Waals surface area contributed by atoms with Crippen LogP contribution in [-0.4, -0.2) is 66.0 Å². The highest BCUT2D eigenvalue weighted by Crippen LogP contribution is 2.44. The Morgan fingerprint density at radius 3 is 2.52 bits per heavy atom. The minimum Gasteiger partial charge on any atom is -0.472 e. The zero-order valence-corrected chi connectivity index (χ0v) is 24.0. The quantitative estimate of drug-likeness (QED) is 0.244. The molecule has 3 atom stereocenters. The van der Waals surface area contributed by atoms with E-state index >= 15 is 4.39 Å². The van der Waals surface area contributed by atoms with Crippen LogP contribution in [0.3, 0.4) is 0 Å². The van der Waals surface area contributed by atoms with Gasteiger partial charge in [0.1, 0.15) is 17.6 Å². The fourth-order valence-corrected chi connectivity index (χ4v) is 4.93. The Bertz CT molecular complexity index is 1510. The number of nitrogens with one attached hydrogen (secondary N) is 2. The third-order valence-electron chi connectivity index (χ3n) is 7.16. The van der Waals surface area contributed by atoms with Gasteiger partial charge in [-0.25, -0.2) is 18.7 Å². The number of halogens is 5. The molecule has 3 aromatic rings. The van der Waals surface area contributed by atoms with Crippen LogP contribution in [0.25, 0.3) is 22.0 Å². The van der Waals surface area contributed by atoms with Crippen LogP contribution in [0.4, 0.5) is 33.5 Å². The second-order valence-electron chi connectivity index (χ2n) is 10.5. The van der Waals surface area contributed by atoms with Gasteiger partial charge in [-0.05, 0) is 38.8 Å². The zero-order chi connectivity index (χ0) is 31.1. The van der Waals surface area contributed by atoms with Crippen LogP contribution in [0.1, 0.15) is 37.9 Å². The number of pyridine rings is 2. The number of aromatic nitrogens is 2. The molecule has 0 saturated carbocycles. The summed E-state index contributed by atoms with van der Waals surface area (Å²) >= 11 is 0. The highest BCUT2D eigenvalue weighted by Gasteiger charge is 2.36. The van der Waals surface area contributed by atoms with Gasteiger partial charge in [-0.3, -0.25) is 4.79 Å². The van der Waals surface area contributed by atoms with Crippen molar-refractivity contribution in [3.05, 3.63) is 35.0 Å². The van der Waals surface area contributed by atoms with Gasteiger partial charge in [0, 0.05) is 43.5 Å². The molecule has 0 bridgehead atoms. The van der Waals surface area contributed by atoms with E-state index in [2.05, 4.69) is 25.3 Å². The van der Waals surface area contributed by atoms with E-state index in [1.165, 1.54) is 4.90 Å². The van der Waals surface area contributed by atoms with Crippen LogP contribution < -0.4 is 25.8 Å². The predicted octanol–water partition coefficient (Wildman–Crippen LogP) is 5.08. The van der Waals surface area contributed by atoms with E-state index in [0.717, 1.165) is 12.5 Å². The van der Waals surface area contributed by atoms with Crippen molar-refractivity contribution in [1.82, 2.24) is 20.2 Å². The summed E-state index contributed by atoms with van der Waals surface area (Å²) in [4.78, 5) is 23.0. The molecule has 3 unspecified atom stereocenters. The molecule has 42 heavy (non-hydrogen) atoms. The molecule has 2 aromatic heterocycles. The van der Waals surface area contributed by atoms with Crippen LogP contribution in [0.5, 0.6) is 11.6 Å². The molecule has 0 radical (unpaired) electrons. The monoisotopic (exact) mass is 596 g/mol. The molecule has 3 heterocycles. The molecule has 0 fully saturated rings. The first-order chi connectivity index (χ1) is 19.6. The number of nitrogens with zero attached hydrogens (tertiary/aromatic N) is 3. The molecule has 9 nitrogen and oxygen atoms in total. The molecule has 0 saturated heterocycles. The molecular formula is C28H33F5N6O3. The molecular weight excluding hydrogens is 563 g/mol. The number of hydrogen-bond donors (Lipinski definition) is 3. The number of benzene rings is 1. The lowest BCUT2D eigenvalue weighted by atomic mass is 10.0. The lowest BCUT2D eigenvalue weighted by Crippen LogP contribution is -2.50. The first-order valence-corrected chi connectivity index (χ1v) is 13.4. The van der Waals surface area contributed by atoms with Crippen molar-refractivity contribution >= 4 is 28.2 Å². The number of carbonyl (C=O) groups is 1. The van der Waals surface area contributed by atoms with Crippen molar-refractivity contribution in [2.45, 2.75) is 65.1 Å². The molecule has 1 aliphatic rings. The van der Waals surface area contributed by atoms with Gasteiger partial charge in [-0.2, -0.15) is 0 Å². The molecule has 228 valence electrons. The lowest BCUT2D eigenvalue weighted by Gasteiger charge is -2.27. The summed E-state index contributed by atoms with van der Waals surface area (Å²) in [5, 5.41) is 6.70. The van der Waals surface area contributed by atoms with Crippen LogP contribution in [0.15, 0.2) is 12.1 Å². The van der Waals surface area contributed by atoms with Crippen molar-refractivity contribution in [2.75, 3.05) is 31.7 Å². The summed E-state index contributed by atoms with van der Waals surface area (Å²) in [5.74, 6) is -3.70.